The van der Waals surface area contributed by atoms with Crippen molar-refractivity contribution < 1.29 is 0 Å². The molecule has 0 aliphatic carbocycles. The van der Waals surface area contributed by atoms with Gasteiger partial charge >= 0.3 is 0 Å². The lowest BCUT2D eigenvalue weighted by atomic mass is 10.1. The Bertz CT molecular complexity index is 413. The van der Waals surface area contributed by atoms with Crippen LogP contribution in [0.4, 0.5) is 0 Å². The van der Waals surface area contributed by atoms with Crippen LogP contribution in [0.15, 0.2) is 18.3 Å². The lowest BCUT2D eigenvalue weighted by Crippen LogP contribution is -2.33. The number of hydrogen-bond donors (Lipinski definition) is 1. The van der Waals surface area contributed by atoms with Gasteiger partial charge in [0.15, 0.2) is 0 Å². The van der Waals surface area contributed by atoms with Crippen molar-refractivity contribution in [2.75, 3.05) is 6.54 Å². The van der Waals surface area contributed by atoms with Gasteiger partial charge in [-0.1, -0.05) is 26.8 Å². The zero-order valence-corrected chi connectivity index (χ0v) is 14.1. The van der Waals surface area contributed by atoms with Gasteiger partial charge in [-0.3, -0.25) is 9.88 Å². The Kier molecular flexibility index (Phi) is 6.19. The minimum atomic E-state index is 0.694. The largest absolute Gasteiger partial charge is 0.312 e. The van der Waals surface area contributed by atoms with Gasteiger partial charge in [-0.15, -0.1) is 0 Å². The van der Waals surface area contributed by atoms with Crippen LogP contribution in [0.25, 0.3) is 0 Å². The molecule has 0 amide bonds. The number of likely N-dealkylation sites (tertiary alicyclic amines) is 1. The maximum atomic E-state index is 4.66. The first-order chi connectivity index (χ1) is 10.1. The number of hydrogen-bond acceptors (Lipinski definition) is 3. The average molecular weight is 289 g/mol. The summed E-state index contributed by atoms with van der Waals surface area (Å²) in [6, 6.07) is 5.86. The Labute approximate surface area is 130 Å². The molecule has 1 aliphatic rings. The number of nitrogens with one attached hydrogen (secondary N) is 1. The standard InChI is InChI=1S/C18H31N3/c1-5-18-9-6-15(4)21(18)13-17-8-7-16(12-20-17)11-19-10-14(2)3/h7-8,12,14-15,18-19H,5-6,9-11,13H2,1-4H3. The molecule has 2 unspecified atom stereocenters. The number of pyridine rings is 1. The van der Waals surface area contributed by atoms with Crippen molar-refractivity contribution in [3.05, 3.63) is 29.6 Å². The fourth-order valence-corrected chi connectivity index (χ4v) is 3.19. The Morgan fingerprint density at radius 1 is 1.33 bits per heavy atom. The summed E-state index contributed by atoms with van der Waals surface area (Å²) in [5.41, 5.74) is 2.48. The van der Waals surface area contributed by atoms with Gasteiger partial charge in [0.05, 0.1) is 5.69 Å². The quantitative estimate of drug-likeness (QED) is 0.831. The molecule has 2 rings (SSSR count). The summed E-state index contributed by atoms with van der Waals surface area (Å²) in [6.07, 6.45) is 5.95. The minimum absolute atomic E-state index is 0.694. The molecule has 118 valence electrons. The van der Waals surface area contributed by atoms with Crippen LogP contribution in [0.3, 0.4) is 0 Å². The van der Waals surface area contributed by atoms with E-state index in [4.69, 9.17) is 0 Å². The lowest BCUT2D eigenvalue weighted by molar-refractivity contribution is 0.187. The van der Waals surface area contributed by atoms with Crippen molar-refractivity contribution in [1.29, 1.82) is 0 Å². The van der Waals surface area contributed by atoms with E-state index < -0.39 is 0 Å². The fourth-order valence-electron chi connectivity index (χ4n) is 3.19. The highest BCUT2D eigenvalue weighted by Gasteiger charge is 2.29. The summed E-state index contributed by atoms with van der Waals surface area (Å²) >= 11 is 0. The van der Waals surface area contributed by atoms with Crippen LogP contribution >= 0.6 is 0 Å². The van der Waals surface area contributed by atoms with Crippen LogP contribution in [0, 0.1) is 5.92 Å². The van der Waals surface area contributed by atoms with Crippen LogP contribution in [0.2, 0.25) is 0 Å². The second kappa shape index (κ2) is 7.90. The van der Waals surface area contributed by atoms with E-state index in [-0.39, 0.29) is 0 Å². The van der Waals surface area contributed by atoms with Crippen molar-refractivity contribution in [3.63, 3.8) is 0 Å². The molecule has 3 nitrogen and oxygen atoms in total. The van der Waals surface area contributed by atoms with Crippen LogP contribution < -0.4 is 5.32 Å². The molecule has 2 heterocycles. The van der Waals surface area contributed by atoms with E-state index in [0.29, 0.717) is 12.0 Å². The number of aromatic nitrogens is 1. The van der Waals surface area contributed by atoms with Gasteiger partial charge in [-0.2, -0.15) is 0 Å². The highest BCUT2D eigenvalue weighted by atomic mass is 15.2. The maximum Gasteiger partial charge on any atom is 0.0544 e. The van der Waals surface area contributed by atoms with Crippen LogP contribution in [-0.2, 0) is 13.1 Å². The molecule has 0 saturated carbocycles. The third kappa shape index (κ3) is 4.79. The molecule has 0 bridgehead atoms. The van der Waals surface area contributed by atoms with E-state index in [1.54, 1.807) is 0 Å². The van der Waals surface area contributed by atoms with E-state index in [1.807, 2.05) is 6.20 Å². The zero-order chi connectivity index (χ0) is 15.2. The van der Waals surface area contributed by atoms with Gasteiger partial charge in [0.1, 0.15) is 0 Å². The van der Waals surface area contributed by atoms with Gasteiger partial charge in [-0.25, -0.2) is 0 Å². The second-order valence-corrected chi connectivity index (χ2v) is 6.84. The topological polar surface area (TPSA) is 28.2 Å². The van der Waals surface area contributed by atoms with Crippen LogP contribution in [0.1, 0.15) is 58.2 Å². The highest BCUT2D eigenvalue weighted by molar-refractivity contribution is 5.14. The third-order valence-corrected chi connectivity index (χ3v) is 4.54. The van der Waals surface area contributed by atoms with Crippen molar-refractivity contribution in [1.82, 2.24) is 15.2 Å². The summed E-state index contributed by atoms with van der Waals surface area (Å²) in [5, 5.41) is 3.47. The molecule has 0 aromatic carbocycles. The third-order valence-electron chi connectivity index (χ3n) is 4.54. The van der Waals surface area contributed by atoms with Crippen molar-refractivity contribution in [2.24, 2.45) is 5.92 Å². The van der Waals surface area contributed by atoms with Crippen molar-refractivity contribution in [3.8, 4) is 0 Å². The van der Waals surface area contributed by atoms with Crippen molar-refractivity contribution >= 4 is 0 Å². The number of nitrogens with zero attached hydrogens (tertiary/aromatic N) is 2. The van der Waals surface area contributed by atoms with E-state index in [2.05, 4.69) is 55.0 Å². The smallest absolute Gasteiger partial charge is 0.0544 e. The average Bonchev–Trinajstić information content (AvgIpc) is 2.81. The fraction of sp³-hybridized carbons (Fsp3) is 0.722. The first-order valence-corrected chi connectivity index (χ1v) is 8.50. The molecule has 1 fully saturated rings. The molecule has 1 aliphatic heterocycles. The SMILES string of the molecule is CCC1CCC(C)N1Cc1ccc(CNCC(C)C)cn1. The first kappa shape index (κ1) is 16.4. The Balaban J connectivity index is 1.87. The van der Waals surface area contributed by atoms with Gasteiger partial charge in [-0.05, 0) is 50.3 Å². The molecule has 2 atom stereocenters. The molecule has 1 N–H and O–H groups in total. The summed E-state index contributed by atoms with van der Waals surface area (Å²) < 4.78 is 0. The van der Waals surface area contributed by atoms with Gasteiger partial charge in [0.25, 0.3) is 0 Å². The van der Waals surface area contributed by atoms with E-state index in [1.165, 1.54) is 30.5 Å². The van der Waals surface area contributed by atoms with Gasteiger partial charge in [0, 0.05) is 31.4 Å². The second-order valence-electron chi connectivity index (χ2n) is 6.84. The van der Waals surface area contributed by atoms with E-state index in [9.17, 15) is 0 Å². The molecule has 1 aromatic rings. The Morgan fingerprint density at radius 2 is 2.14 bits per heavy atom. The molecule has 1 saturated heterocycles. The normalized spacial score (nSPS) is 23.1. The number of rotatable bonds is 7. The van der Waals surface area contributed by atoms with E-state index in [0.717, 1.165) is 25.7 Å². The molecular formula is C18H31N3. The molecule has 0 spiro atoms. The predicted octanol–water partition coefficient (Wildman–Crippen LogP) is 3.59. The zero-order valence-electron chi connectivity index (χ0n) is 14.1. The molecule has 0 radical (unpaired) electrons. The minimum Gasteiger partial charge on any atom is -0.312 e. The van der Waals surface area contributed by atoms with Crippen LogP contribution in [0.5, 0.6) is 0 Å². The monoisotopic (exact) mass is 289 g/mol. The Hall–Kier alpha value is -0.930. The van der Waals surface area contributed by atoms with Crippen molar-refractivity contribution in [2.45, 2.75) is 72.1 Å². The van der Waals surface area contributed by atoms with Gasteiger partial charge in [0.2, 0.25) is 0 Å². The molecular weight excluding hydrogens is 258 g/mol. The summed E-state index contributed by atoms with van der Waals surface area (Å²) in [6.45, 7) is 12.1. The first-order valence-electron chi connectivity index (χ1n) is 8.50. The summed E-state index contributed by atoms with van der Waals surface area (Å²) in [5.74, 6) is 0.694. The van der Waals surface area contributed by atoms with Gasteiger partial charge < -0.3 is 5.32 Å². The maximum absolute atomic E-state index is 4.66. The van der Waals surface area contributed by atoms with Crippen LogP contribution in [-0.4, -0.2) is 28.5 Å². The molecule has 1 aromatic heterocycles. The highest BCUT2D eigenvalue weighted by Crippen LogP contribution is 2.27. The lowest BCUT2D eigenvalue weighted by Gasteiger charge is -2.27. The summed E-state index contributed by atoms with van der Waals surface area (Å²) in [4.78, 5) is 7.29. The molecule has 21 heavy (non-hydrogen) atoms. The Morgan fingerprint density at radius 3 is 2.76 bits per heavy atom. The molecule has 3 heteroatoms. The predicted molar refractivity (Wildman–Crippen MR) is 89.1 cm³/mol. The van der Waals surface area contributed by atoms with E-state index >= 15 is 0 Å². The summed E-state index contributed by atoms with van der Waals surface area (Å²) in [7, 11) is 0.